The van der Waals surface area contributed by atoms with E-state index in [1.165, 1.54) is 6.42 Å². The number of aliphatic carboxylic acids is 1. The molecule has 0 aromatic rings. The first-order valence-corrected chi connectivity index (χ1v) is 6.60. The van der Waals surface area contributed by atoms with E-state index in [1.54, 1.807) is 4.90 Å². The van der Waals surface area contributed by atoms with E-state index in [1.807, 2.05) is 0 Å². The fourth-order valence-electron chi connectivity index (χ4n) is 3.20. The Kier molecular flexibility index (Phi) is 3.69. The molecule has 2 rings (SSSR count). The van der Waals surface area contributed by atoms with Crippen LogP contribution in [0.25, 0.3) is 0 Å². The Hall–Kier alpha value is -1.06. The van der Waals surface area contributed by atoms with Gasteiger partial charge >= 0.3 is 5.97 Å². The molecule has 1 heterocycles. The van der Waals surface area contributed by atoms with Crippen LogP contribution < -0.4 is 0 Å². The molecule has 1 N–H and O–H groups in total. The lowest BCUT2D eigenvalue weighted by Crippen LogP contribution is -2.40. The van der Waals surface area contributed by atoms with Gasteiger partial charge in [-0.1, -0.05) is 13.3 Å². The highest BCUT2D eigenvalue weighted by atomic mass is 16.4. The van der Waals surface area contributed by atoms with Gasteiger partial charge in [-0.15, -0.1) is 0 Å². The minimum Gasteiger partial charge on any atom is -0.480 e. The van der Waals surface area contributed by atoms with Crippen molar-refractivity contribution in [1.29, 1.82) is 0 Å². The van der Waals surface area contributed by atoms with Crippen LogP contribution in [0.4, 0.5) is 0 Å². The van der Waals surface area contributed by atoms with Crippen molar-refractivity contribution < 1.29 is 14.7 Å². The summed E-state index contributed by atoms with van der Waals surface area (Å²) in [6, 6.07) is -0.568. The van der Waals surface area contributed by atoms with Crippen molar-refractivity contribution >= 4 is 11.9 Å². The fourth-order valence-corrected chi connectivity index (χ4v) is 3.20. The number of carboxylic acid groups (broad SMARTS) is 1. The van der Waals surface area contributed by atoms with Crippen molar-refractivity contribution in [2.24, 2.45) is 11.8 Å². The first kappa shape index (κ1) is 12.4. The van der Waals surface area contributed by atoms with Crippen LogP contribution in [0.2, 0.25) is 0 Å². The Bertz CT molecular complexity index is 316. The van der Waals surface area contributed by atoms with Crippen molar-refractivity contribution in [2.45, 2.75) is 51.5 Å². The van der Waals surface area contributed by atoms with Gasteiger partial charge in [-0.25, -0.2) is 4.79 Å². The molecule has 17 heavy (non-hydrogen) atoms. The number of hydrogen-bond acceptors (Lipinski definition) is 2. The standard InChI is InChI=1S/C13H21NO3/c1-9-4-5-10(7-9)8-12(15)14-6-2-3-11(14)13(16)17/h9-11H,2-8H2,1H3,(H,16,17). The molecule has 0 spiro atoms. The number of nitrogens with zero attached hydrogens (tertiary/aromatic N) is 1. The fraction of sp³-hybridized carbons (Fsp3) is 0.846. The zero-order chi connectivity index (χ0) is 12.4. The van der Waals surface area contributed by atoms with E-state index in [0.717, 1.165) is 25.2 Å². The van der Waals surface area contributed by atoms with E-state index in [-0.39, 0.29) is 5.91 Å². The van der Waals surface area contributed by atoms with Gasteiger partial charge in [0.25, 0.3) is 0 Å². The van der Waals surface area contributed by atoms with Crippen LogP contribution in [-0.4, -0.2) is 34.5 Å². The summed E-state index contributed by atoms with van der Waals surface area (Å²) in [7, 11) is 0. The quantitative estimate of drug-likeness (QED) is 0.818. The molecule has 4 heteroatoms. The number of carbonyl (C=O) groups is 2. The average Bonchev–Trinajstić information content (AvgIpc) is 2.86. The van der Waals surface area contributed by atoms with Crippen LogP contribution >= 0.6 is 0 Å². The number of rotatable bonds is 3. The number of carboxylic acids is 1. The highest BCUT2D eigenvalue weighted by molar-refractivity contribution is 5.84. The highest BCUT2D eigenvalue weighted by Gasteiger charge is 2.35. The van der Waals surface area contributed by atoms with Gasteiger partial charge in [0.05, 0.1) is 0 Å². The van der Waals surface area contributed by atoms with Crippen LogP contribution in [-0.2, 0) is 9.59 Å². The average molecular weight is 239 g/mol. The van der Waals surface area contributed by atoms with Crippen molar-refractivity contribution in [3.8, 4) is 0 Å². The van der Waals surface area contributed by atoms with E-state index < -0.39 is 12.0 Å². The Morgan fingerprint density at radius 2 is 2.06 bits per heavy atom. The molecule has 1 saturated heterocycles. The number of hydrogen-bond donors (Lipinski definition) is 1. The van der Waals surface area contributed by atoms with Crippen molar-refractivity contribution in [1.82, 2.24) is 4.90 Å². The third kappa shape index (κ3) is 2.79. The minimum atomic E-state index is -0.851. The maximum Gasteiger partial charge on any atom is 0.326 e. The summed E-state index contributed by atoms with van der Waals surface area (Å²) in [4.78, 5) is 24.7. The molecule has 0 radical (unpaired) electrons. The van der Waals surface area contributed by atoms with Gasteiger partial charge in [-0.05, 0) is 37.5 Å². The van der Waals surface area contributed by atoms with Gasteiger partial charge in [0.15, 0.2) is 0 Å². The normalized spacial score (nSPS) is 33.0. The highest BCUT2D eigenvalue weighted by Crippen LogP contribution is 2.33. The maximum atomic E-state index is 12.1. The van der Waals surface area contributed by atoms with E-state index in [0.29, 0.717) is 25.3 Å². The molecule has 4 nitrogen and oxygen atoms in total. The topological polar surface area (TPSA) is 57.6 Å². The molecule has 1 saturated carbocycles. The van der Waals surface area contributed by atoms with Gasteiger partial charge in [0, 0.05) is 13.0 Å². The van der Waals surface area contributed by atoms with Crippen molar-refractivity contribution in [2.75, 3.05) is 6.54 Å². The first-order chi connectivity index (χ1) is 8.08. The molecule has 3 unspecified atom stereocenters. The smallest absolute Gasteiger partial charge is 0.326 e. The third-order valence-corrected chi connectivity index (χ3v) is 4.12. The predicted molar refractivity (Wildman–Crippen MR) is 63.5 cm³/mol. The number of likely N-dealkylation sites (tertiary alicyclic amines) is 1. The molecule has 96 valence electrons. The van der Waals surface area contributed by atoms with E-state index >= 15 is 0 Å². The summed E-state index contributed by atoms with van der Waals surface area (Å²) in [6.45, 7) is 2.85. The van der Waals surface area contributed by atoms with E-state index in [2.05, 4.69) is 6.92 Å². The molecule has 0 aromatic heterocycles. The Labute approximate surface area is 102 Å². The Balaban J connectivity index is 1.89. The summed E-state index contributed by atoms with van der Waals surface area (Å²) in [6.07, 6.45) is 5.44. The van der Waals surface area contributed by atoms with Gasteiger partial charge in [0.2, 0.25) is 5.91 Å². The lowest BCUT2D eigenvalue weighted by Gasteiger charge is -2.23. The van der Waals surface area contributed by atoms with Gasteiger partial charge < -0.3 is 10.0 Å². The third-order valence-electron chi connectivity index (χ3n) is 4.12. The molecule has 1 aliphatic heterocycles. The van der Waals surface area contributed by atoms with Gasteiger partial charge in [-0.3, -0.25) is 4.79 Å². The molecule has 2 fully saturated rings. The Morgan fingerprint density at radius 3 is 2.65 bits per heavy atom. The second-order valence-electron chi connectivity index (χ2n) is 5.57. The molecular formula is C13H21NO3. The summed E-state index contributed by atoms with van der Waals surface area (Å²) in [5.41, 5.74) is 0. The summed E-state index contributed by atoms with van der Waals surface area (Å²) >= 11 is 0. The molecular weight excluding hydrogens is 218 g/mol. The number of carbonyl (C=O) groups excluding carboxylic acids is 1. The summed E-state index contributed by atoms with van der Waals surface area (Å²) < 4.78 is 0. The zero-order valence-corrected chi connectivity index (χ0v) is 10.4. The Morgan fingerprint density at radius 1 is 1.29 bits per heavy atom. The SMILES string of the molecule is CC1CCC(CC(=O)N2CCCC2C(=O)O)C1. The first-order valence-electron chi connectivity index (χ1n) is 6.60. The van der Waals surface area contributed by atoms with Crippen LogP contribution in [0.1, 0.15) is 45.4 Å². The predicted octanol–water partition coefficient (Wildman–Crippen LogP) is 1.89. The molecule has 3 atom stereocenters. The maximum absolute atomic E-state index is 12.1. The van der Waals surface area contributed by atoms with Crippen molar-refractivity contribution in [3.63, 3.8) is 0 Å². The largest absolute Gasteiger partial charge is 0.480 e. The van der Waals surface area contributed by atoms with E-state index in [9.17, 15) is 9.59 Å². The molecule has 2 aliphatic rings. The van der Waals surface area contributed by atoms with Crippen LogP contribution in [0.5, 0.6) is 0 Å². The second kappa shape index (κ2) is 5.07. The van der Waals surface area contributed by atoms with Gasteiger partial charge in [0.1, 0.15) is 6.04 Å². The lowest BCUT2D eigenvalue weighted by molar-refractivity contribution is -0.148. The van der Waals surface area contributed by atoms with Crippen LogP contribution in [0, 0.1) is 11.8 Å². The van der Waals surface area contributed by atoms with E-state index in [4.69, 9.17) is 5.11 Å². The molecule has 0 aromatic carbocycles. The zero-order valence-electron chi connectivity index (χ0n) is 10.4. The molecule has 1 amide bonds. The molecule has 1 aliphatic carbocycles. The monoisotopic (exact) mass is 239 g/mol. The van der Waals surface area contributed by atoms with Crippen LogP contribution in [0.15, 0.2) is 0 Å². The van der Waals surface area contributed by atoms with Gasteiger partial charge in [-0.2, -0.15) is 0 Å². The molecule has 0 bridgehead atoms. The second-order valence-corrected chi connectivity index (χ2v) is 5.57. The van der Waals surface area contributed by atoms with Crippen LogP contribution in [0.3, 0.4) is 0 Å². The number of amides is 1. The summed E-state index contributed by atoms with van der Waals surface area (Å²) in [5.74, 6) is 0.402. The minimum absolute atomic E-state index is 0.0500. The lowest BCUT2D eigenvalue weighted by atomic mass is 10.0. The summed E-state index contributed by atoms with van der Waals surface area (Å²) in [5, 5.41) is 9.04. The van der Waals surface area contributed by atoms with Crippen molar-refractivity contribution in [3.05, 3.63) is 0 Å².